The van der Waals surface area contributed by atoms with E-state index in [2.05, 4.69) is 19.9 Å². The molecule has 29 heavy (non-hydrogen) atoms. The highest BCUT2D eigenvalue weighted by Crippen LogP contribution is 2.32. The van der Waals surface area contributed by atoms with Crippen molar-refractivity contribution in [3.05, 3.63) is 47.0 Å². The Balaban J connectivity index is 1.58. The first-order chi connectivity index (χ1) is 13.9. The van der Waals surface area contributed by atoms with Crippen LogP contribution in [-0.2, 0) is 10.0 Å². The number of sulfonamides is 1. The highest BCUT2D eigenvalue weighted by atomic mass is 35.5. The Labute approximate surface area is 177 Å². The molecule has 1 amide bonds. The second-order valence-corrected chi connectivity index (χ2v) is 9.95. The summed E-state index contributed by atoms with van der Waals surface area (Å²) in [5.74, 6) is -0.419. The van der Waals surface area contributed by atoms with Gasteiger partial charge in [-0.05, 0) is 56.3 Å². The lowest BCUT2D eigenvalue weighted by atomic mass is 10.2. The molecule has 0 unspecified atom stereocenters. The molecule has 4 rings (SSSR count). The Hall–Kier alpha value is -2.20. The van der Waals surface area contributed by atoms with Crippen molar-refractivity contribution in [3.63, 3.8) is 0 Å². The quantitative estimate of drug-likeness (QED) is 0.618. The van der Waals surface area contributed by atoms with Crippen molar-refractivity contribution in [2.45, 2.75) is 17.7 Å². The van der Waals surface area contributed by atoms with Crippen LogP contribution in [0.5, 0.6) is 0 Å². The highest BCUT2D eigenvalue weighted by molar-refractivity contribution is 7.89. The zero-order valence-electron chi connectivity index (χ0n) is 15.6. The van der Waals surface area contributed by atoms with Crippen molar-refractivity contribution in [1.29, 1.82) is 0 Å². The van der Waals surface area contributed by atoms with Gasteiger partial charge in [0.1, 0.15) is 4.90 Å². The average molecular weight is 451 g/mol. The van der Waals surface area contributed by atoms with E-state index in [0.29, 0.717) is 5.69 Å². The van der Waals surface area contributed by atoms with Crippen LogP contribution in [0.1, 0.15) is 23.2 Å². The number of thiazole rings is 1. The molecule has 10 heteroatoms. The second kappa shape index (κ2) is 7.91. The minimum absolute atomic E-state index is 0.0522. The predicted molar refractivity (Wildman–Crippen MR) is 117 cm³/mol. The van der Waals surface area contributed by atoms with Crippen molar-refractivity contribution in [1.82, 2.24) is 9.71 Å². The van der Waals surface area contributed by atoms with Gasteiger partial charge in [0.05, 0.1) is 15.2 Å². The van der Waals surface area contributed by atoms with E-state index in [1.807, 2.05) is 12.1 Å². The molecule has 0 atom stereocenters. The van der Waals surface area contributed by atoms with Crippen molar-refractivity contribution in [3.8, 4) is 0 Å². The number of hydrogen-bond acceptors (Lipinski definition) is 6. The molecule has 2 heterocycles. The minimum Gasteiger partial charge on any atom is -0.348 e. The number of benzene rings is 2. The first kappa shape index (κ1) is 20.1. The highest BCUT2D eigenvalue weighted by Gasteiger charge is 2.19. The number of aromatic nitrogens is 1. The van der Waals surface area contributed by atoms with Gasteiger partial charge in [0.15, 0.2) is 5.13 Å². The number of hydrogen-bond donors (Lipinski definition) is 2. The van der Waals surface area contributed by atoms with Crippen LogP contribution in [0.4, 0.5) is 10.8 Å². The van der Waals surface area contributed by atoms with Gasteiger partial charge < -0.3 is 10.2 Å². The van der Waals surface area contributed by atoms with Gasteiger partial charge in [-0.1, -0.05) is 22.9 Å². The van der Waals surface area contributed by atoms with Crippen LogP contribution in [0, 0.1) is 0 Å². The fourth-order valence-corrected chi connectivity index (χ4v) is 5.50. The van der Waals surface area contributed by atoms with Crippen LogP contribution < -0.4 is 14.9 Å². The lowest BCUT2D eigenvalue weighted by Crippen LogP contribution is -2.20. The summed E-state index contributed by atoms with van der Waals surface area (Å²) in [6.45, 7) is 2.05. The number of amides is 1. The molecule has 0 bridgehead atoms. The fourth-order valence-electron chi connectivity index (χ4n) is 3.20. The summed E-state index contributed by atoms with van der Waals surface area (Å²) in [5.41, 5.74) is 1.71. The molecule has 152 valence electrons. The Morgan fingerprint density at radius 3 is 2.66 bits per heavy atom. The lowest BCUT2D eigenvalue weighted by Gasteiger charge is -2.11. The molecule has 0 saturated carbocycles. The lowest BCUT2D eigenvalue weighted by molar-refractivity contribution is 0.102. The van der Waals surface area contributed by atoms with E-state index in [1.54, 1.807) is 17.4 Å². The number of rotatable bonds is 5. The molecule has 0 spiro atoms. The van der Waals surface area contributed by atoms with Gasteiger partial charge in [0.25, 0.3) is 5.91 Å². The third-order valence-corrected chi connectivity index (χ3v) is 7.74. The van der Waals surface area contributed by atoms with Crippen molar-refractivity contribution in [2.24, 2.45) is 0 Å². The van der Waals surface area contributed by atoms with E-state index in [1.165, 1.54) is 38.1 Å². The van der Waals surface area contributed by atoms with E-state index in [0.717, 1.165) is 28.4 Å². The van der Waals surface area contributed by atoms with Gasteiger partial charge in [-0.25, -0.2) is 18.1 Å². The molecule has 1 aromatic heterocycles. The largest absolute Gasteiger partial charge is 0.348 e. The smallest absolute Gasteiger partial charge is 0.255 e. The van der Waals surface area contributed by atoms with Crippen molar-refractivity contribution in [2.75, 3.05) is 30.4 Å². The summed E-state index contributed by atoms with van der Waals surface area (Å²) >= 11 is 7.59. The summed E-state index contributed by atoms with van der Waals surface area (Å²) < 4.78 is 27.3. The summed E-state index contributed by atoms with van der Waals surface area (Å²) in [4.78, 5) is 19.5. The van der Waals surface area contributed by atoms with Crippen LogP contribution in [0.2, 0.25) is 5.02 Å². The van der Waals surface area contributed by atoms with Crippen LogP contribution in [0.25, 0.3) is 10.2 Å². The molecular weight excluding hydrogens is 432 g/mol. The molecule has 1 saturated heterocycles. The zero-order valence-corrected chi connectivity index (χ0v) is 18.0. The number of halogens is 1. The molecule has 2 aromatic carbocycles. The summed E-state index contributed by atoms with van der Waals surface area (Å²) in [7, 11) is -2.47. The van der Waals surface area contributed by atoms with Gasteiger partial charge in [-0.15, -0.1) is 0 Å². The standard InChI is InChI=1S/C19H19ClN4O3S2/c1-21-29(26,27)17-10-12(4-6-14(17)20)18(25)22-13-5-7-15-16(11-13)28-19(23-15)24-8-2-3-9-24/h4-7,10-11,21H,2-3,8-9H2,1H3,(H,22,25). The molecule has 1 fully saturated rings. The summed E-state index contributed by atoms with van der Waals surface area (Å²) in [5, 5.41) is 3.87. The average Bonchev–Trinajstić information content (AvgIpc) is 3.37. The predicted octanol–water partition coefficient (Wildman–Crippen LogP) is 3.71. The SMILES string of the molecule is CNS(=O)(=O)c1cc(C(=O)Nc2ccc3nc(N4CCCC4)sc3c2)ccc1Cl. The minimum atomic E-state index is -3.77. The Kier molecular flexibility index (Phi) is 5.48. The Morgan fingerprint density at radius 2 is 1.93 bits per heavy atom. The molecule has 7 nitrogen and oxygen atoms in total. The van der Waals surface area contributed by atoms with Gasteiger partial charge in [0, 0.05) is 24.3 Å². The molecule has 1 aliphatic rings. The third kappa shape index (κ3) is 4.09. The molecule has 1 aliphatic heterocycles. The van der Waals surface area contributed by atoms with Gasteiger partial charge >= 0.3 is 0 Å². The Bertz CT molecular complexity index is 1190. The molecule has 3 aromatic rings. The van der Waals surface area contributed by atoms with E-state index in [-0.39, 0.29) is 15.5 Å². The fraction of sp³-hybridized carbons (Fsp3) is 0.263. The number of anilines is 2. The van der Waals surface area contributed by atoms with E-state index < -0.39 is 15.9 Å². The van der Waals surface area contributed by atoms with Crippen LogP contribution >= 0.6 is 22.9 Å². The maximum Gasteiger partial charge on any atom is 0.255 e. The molecule has 2 N–H and O–H groups in total. The first-order valence-electron chi connectivity index (χ1n) is 9.07. The molecule has 0 aliphatic carbocycles. The Morgan fingerprint density at radius 1 is 1.17 bits per heavy atom. The van der Waals surface area contributed by atoms with Gasteiger partial charge in [-0.2, -0.15) is 0 Å². The van der Waals surface area contributed by atoms with Crippen LogP contribution in [0.15, 0.2) is 41.3 Å². The third-order valence-electron chi connectivity index (χ3n) is 4.76. The summed E-state index contributed by atoms with van der Waals surface area (Å²) in [6, 6.07) is 9.69. The van der Waals surface area contributed by atoms with Crippen LogP contribution in [-0.4, -0.2) is 39.4 Å². The number of fused-ring (bicyclic) bond motifs is 1. The maximum atomic E-state index is 12.7. The zero-order chi connectivity index (χ0) is 20.6. The van der Waals surface area contributed by atoms with Gasteiger partial charge in [0.2, 0.25) is 10.0 Å². The normalized spacial score (nSPS) is 14.5. The van der Waals surface area contributed by atoms with E-state index >= 15 is 0 Å². The first-order valence-corrected chi connectivity index (χ1v) is 11.7. The number of nitrogens with one attached hydrogen (secondary N) is 2. The van der Waals surface area contributed by atoms with Crippen molar-refractivity contribution >= 4 is 59.9 Å². The number of nitrogens with zero attached hydrogens (tertiary/aromatic N) is 2. The van der Waals surface area contributed by atoms with Gasteiger partial charge in [-0.3, -0.25) is 4.79 Å². The van der Waals surface area contributed by atoms with Crippen molar-refractivity contribution < 1.29 is 13.2 Å². The second-order valence-electron chi connectivity index (χ2n) is 6.68. The maximum absolute atomic E-state index is 12.7. The monoisotopic (exact) mass is 450 g/mol. The molecule has 0 radical (unpaired) electrons. The topological polar surface area (TPSA) is 91.4 Å². The number of carbonyl (C=O) groups excluding carboxylic acids is 1. The molecular formula is C19H19ClN4O3S2. The van der Waals surface area contributed by atoms with E-state index in [4.69, 9.17) is 11.6 Å². The van der Waals surface area contributed by atoms with E-state index in [9.17, 15) is 13.2 Å². The summed E-state index contributed by atoms with van der Waals surface area (Å²) in [6.07, 6.45) is 2.37. The van der Waals surface area contributed by atoms with Crippen LogP contribution in [0.3, 0.4) is 0 Å². The number of carbonyl (C=O) groups is 1.